The van der Waals surface area contributed by atoms with Crippen molar-refractivity contribution in [3.63, 3.8) is 0 Å². The van der Waals surface area contributed by atoms with E-state index in [1.807, 2.05) is 0 Å². The molecule has 0 bridgehead atoms. The van der Waals surface area contributed by atoms with Crippen LogP contribution >= 0.6 is 0 Å². The van der Waals surface area contributed by atoms with Crippen molar-refractivity contribution >= 4 is 0 Å². The molecule has 0 amide bonds. The summed E-state index contributed by atoms with van der Waals surface area (Å²) in [7, 11) is 0. The second-order valence-corrected chi connectivity index (χ2v) is 0. The smallest absolute Gasteiger partial charge is 0 e. The molecule has 0 heterocycles. The molecule has 0 N–H and O–H groups in total. The third-order valence-electron chi connectivity index (χ3n) is 0. The van der Waals surface area contributed by atoms with Crippen LogP contribution in [0.4, 0.5) is 0 Å². The van der Waals surface area contributed by atoms with Crippen LogP contribution in [0.25, 0.3) is 0 Å². The molecule has 31 valence electrons. The fourth-order valence-corrected chi connectivity index (χ4v) is 0. The van der Waals surface area contributed by atoms with E-state index in [0.29, 0.717) is 0 Å². The number of rotatable bonds is 0. The Hall–Kier alpha value is 1.06. The first kappa shape index (κ1) is 74.0. The van der Waals surface area contributed by atoms with Crippen LogP contribution in [0.2, 0.25) is 0 Å². The van der Waals surface area contributed by atoms with Crippen LogP contribution in [0.5, 0.6) is 0 Å². The zero-order valence-corrected chi connectivity index (χ0v) is 4.47. The van der Waals surface area contributed by atoms with E-state index in [9.17, 15) is 0 Å². The largest absolute Gasteiger partial charge is 2.00 e. The van der Waals surface area contributed by atoms with Crippen LogP contribution in [-0.4, -0.2) is 0 Å². The molecule has 1 radical (unpaired) electrons. The van der Waals surface area contributed by atoms with Crippen molar-refractivity contribution in [2.75, 3.05) is 0 Å². The van der Waals surface area contributed by atoms with Crippen LogP contribution < -0.4 is 0 Å². The Morgan fingerprint density at radius 3 is 0.750 bits per heavy atom. The summed E-state index contributed by atoms with van der Waals surface area (Å²) in [5.41, 5.74) is 0. The van der Waals surface area contributed by atoms with Gasteiger partial charge in [0, 0.05) is 36.5 Å². The zero-order valence-electron chi connectivity index (χ0n) is 1.55. The van der Waals surface area contributed by atoms with Gasteiger partial charge < -0.3 is 11.0 Å². The predicted octanol–water partition coefficient (Wildman–Crippen LogP) is -0.243. The van der Waals surface area contributed by atoms with Crippen molar-refractivity contribution in [2.24, 2.45) is 0 Å². The van der Waals surface area contributed by atoms with Gasteiger partial charge in [0.15, 0.2) is 0 Å². The number of hydrogen-bond donors (Lipinski definition) is 0. The van der Waals surface area contributed by atoms with Crippen molar-refractivity contribution in [2.45, 2.75) is 0 Å². The fraction of sp³-hybridized carbons (Fsp3) is 0. The molecule has 0 rings (SSSR count). The van der Waals surface area contributed by atoms with Gasteiger partial charge in [-0.1, -0.05) is 0 Å². The Morgan fingerprint density at radius 2 is 0.750 bits per heavy atom. The molecule has 0 fully saturated rings. The standard InChI is InChI=1S/Mn.2O.Ru/q;2*-2;. The minimum atomic E-state index is 0. The topological polar surface area (TPSA) is 57.0 Å². The molecular formula is MnO2Ru-4. The van der Waals surface area contributed by atoms with Gasteiger partial charge in [-0.2, -0.15) is 0 Å². The minimum absolute atomic E-state index is 0. The molecule has 4 heteroatoms. The molecule has 0 saturated carbocycles. The van der Waals surface area contributed by atoms with Crippen molar-refractivity contribution in [1.29, 1.82) is 0 Å². The van der Waals surface area contributed by atoms with Gasteiger partial charge in [0.05, 0.1) is 0 Å². The van der Waals surface area contributed by atoms with Gasteiger partial charge in [-0.3, -0.25) is 0 Å². The van der Waals surface area contributed by atoms with Gasteiger partial charge in [0.25, 0.3) is 0 Å². The first-order valence-electron chi connectivity index (χ1n) is 0. The van der Waals surface area contributed by atoms with Crippen molar-refractivity contribution in [3.05, 3.63) is 0 Å². The maximum atomic E-state index is 0. The molecule has 4 heavy (non-hydrogen) atoms. The monoisotopic (exact) mass is 189 g/mol. The summed E-state index contributed by atoms with van der Waals surface area (Å²) in [6, 6.07) is 0. The molecule has 0 aliphatic rings. The summed E-state index contributed by atoms with van der Waals surface area (Å²) >= 11 is 0. The molecule has 0 atom stereocenters. The molecule has 0 saturated heterocycles. The zero-order chi connectivity index (χ0) is 0. The van der Waals surface area contributed by atoms with E-state index in [2.05, 4.69) is 0 Å². The molecule has 0 aromatic rings. The van der Waals surface area contributed by atoms with Crippen molar-refractivity contribution < 1.29 is 47.5 Å². The van der Waals surface area contributed by atoms with Crippen LogP contribution in [-0.2, 0) is 47.5 Å². The maximum Gasteiger partial charge on any atom is 0 e. The second-order valence-electron chi connectivity index (χ2n) is 0. The first-order valence-corrected chi connectivity index (χ1v) is 0. The summed E-state index contributed by atoms with van der Waals surface area (Å²) in [6.45, 7) is 0. The molecule has 0 aliphatic carbocycles. The Bertz CT molecular complexity index is 6.00. The molecule has 0 spiro atoms. The van der Waals surface area contributed by atoms with E-state index in [4.69, 9.17) is 0 Å². The van der Waals surface area contributed by atoms with Crippen molar-refractivity contribution in [3.8, 4) is 0 Å². The Balaban J connectivity index is 0. The summed E-state index contributed by atoms with van der Waals surface area (Å²) in [6.07, 6.45) is 0. The summed E-state index contributed by atoms with van der Waals surface area (Å²) in [5, 5.41) is 0. The average molecular weight is 188 g/mol. The Kier molecular flexibility index (Phi) is 624. The molecular weight excluding hydrogens is 188 g/mol. The molecule has 2 nitrogen and oxygen atoms in total. The molecule has 0 aliphatic heterocycles. The van der Waals surface area contributed by atoms with E-state index in [-0.39, 0.29) is 47.5 Å². The Morgan fingerprint density at radius 1 is 0.750 bits per heavy atom. The van der Waals surface area contributed by atoms with Crippen LogP contribution in [0.1, 0.15) is 0 Å². The molecule has 0 aromatic carbocycles. The predicted molar refractivity (Wildman–Crippen MR) is 1.37 cm³/mol. The van der Waals surface area contributed by atoms with Crippen LogP contribution in [0.3, 0.4) is 0 Å². The van der Waals surface area contributed by atoms with E-state index < -0.39 is 0 Å². The van der Waals surface area contributed by atoms with Gasteiger partial charge in [0.2, 0.25) is 0 Å². The minimum Gasteiger partial charge on any atom is -2.00 e. The second kappa shape index (κ2) is 33.7. The quantitative estimate of drug-likeness (QED) is 0.471. The maximum absolute atomic E-state index is 0. The van der Waals surface area contributed by atoms with E-state index in [0.717, 1.165) is 0 Å². The SMILES string of the molecule is [Mn].[O-2].[O-2].[Ru]. The van der Waals surface area contributed by atoms with Gasteiger partial charge in [-0.05, 0) is 0 Å². The first-order chi connectivity index (χ1) is 0. The van der Waals surface area contributed by atoms with E-state index in [1.54, 1.807) is 0 Å². The van der Waals surface area contributed by atoms with Crippen LogP contribution in [0.15, 0.2) is 0 Å². The van der Waals surface area contributed by atoms with Gasteiger partial charge >= 0.3 is 0 Å². The van der Waals surface area contributed by atoms with Gasteiger partial charge in [0.1, 0.15) is 0 Å². The summed E-state index contributed by atoms with van der Waals surface area (Å²) < 4.78 is 0. The summed E-state index contributed by atoms with van der Waals surface area (Å²) in [4.78, 5) is 0. The molecule has 0 aromatic heterocycles. The van der Waals surface area contributed by atoms with Crippen LogP contribution in [0, 0.1) is 0 Å². The average Bonchev–Trinajstić information content (AvgIpc) is 0. The van der Waals surface area contributed by atoms with E-state index >= 15 is 0 Å². The fourth-order valence-electron chi connectivity index (χ4n) is 0. The number of hydrogen-bond acceptors (Lipinski definition) is 0. The van der Waals surface area contributed by atoms with E-state index in [1.165, 1.54) is 0 Å². The third kappa shape index (κ3) is 11.5. The normalized spacial score (nSPS) is 0. The summed E-state index contributed by atoms with van der Waals surface area (Å²) in [5.74, 6) is 0. The third-order valence-corrected chi connectivity index (χ3v) is 0. The van der Waals surface area contributed by atoms with Gasteiger partial charge in [-0.15, -0.1) is 0 Å². The Labute approximate surface area is 47.8 Å². The van der Waals surface area contributed by atoms with Crippen molar-refractivity contribution in [1.82, 2.24) is 0 Å². The van der Waals surface area contributed by atoms with Gasteiger partial charge in [-0.25, -0.2) is 0 Å². The molecule has 0 unspecified atom stereocenters.